The fourth-order valence-corrected chi connectivity index (χ4v) is 8.69. The monoisotopic (exact) mass is 658 g/mol. The third kappa shape index (κ3) is 3.71. The van der Waals surface area contributed by atoms with Crippen molar-refractivity contribution in [2.45, 2.75) is 29.1 Å². The van der Waals surface area contributed by atoms with Gasteiger partial charge in [-0.15, -0.1) is 23.2 Å². The van der Waals surface area contributed by atoms with Crippen LogP contribution >= 0.6 is 39.1 Å². The van der Waals surface area contributed by atoms with Crippen LogP contribution in [0.3, 0.4) is 0 Å². The van der Waals surface area contributed by atoms with Crippen LogP contribution in [-0.4, -0.2) is 28.7 Å². The second-order valence-electron chi connectivity index (χ2n) is 11.2. The Kier molecular flexibility index (Phi) is 6.39. The molecule has 0 unspecified atom stereocenters. The fourth-order valence-electron chi connectivity index (χ4n) is 7.12. The van der Waals surface area contributed by atoms with Crippen LogP contribution in [0.15, 0.2) is 102 Å². The summed E-state index contributed by atoms with van der Waals surface area (Å²) in [7, 11) is 0. The number of benzene rings is 4. The summed E-state index contributed by atoms with van der Waals surface area (Å²) in [6, 6.07) is 28.8. The number of imide groups is 1. The van der Waals surface area contributed by atoms with Crippen molar-refractivity contribution in [3.8, 4) is 0 Å². The lowest BCUT2D eigenvalue weighted by molar-refractivity contribution is -0.146. The summed E-state index contributed by atoms with van der Waals surface area (Å²) < 4.78 is 0.877. The molecule has 4 aromatic rings. The van der Waals surface area contributed by atoms with E-state index in [9.17, 15) is 14.4 Å². The van der Waals surface area contributed by atoms with Gasteiger partial charge in [0.1, 0.15) is 15.8 Å². The normalized spacial score (nSPS) is 26.0. The average molecular weight is 660 g/mol. The largest absolute Gasteiger partial charge is 0.324 e. The van der Waals surface area contributed by atoms with Crippen molar-refractivity contribution in [1.29, 1.82) is 0 Å². The van der Waals surface area contributed by atoms with Gasteiger partial charge >= 0.3 is 0 Å². The molecule has 4 aromatic carbocycles. The number of hydrogen-bond donors (Lipinski definition) is 1. The van der Waals surface area contributed by atoms with E-state index in [0.717, 1.165) is 42.8 Å². The van der Waals surface area contributed by atoms with Crippen molar-refractivity contribution in [1.82, 2.24) is 4.90 Å². The summed E-state index contributed by atoms with van der Waals surface area (Å²) in [5, 5.41) is 2.98. The Labute approximate surface area is 262 Å². The number of carbonyl (C=O) groups is 3. The number of halogens is 3. The molecular weight excluding hydrogens is 635 g/mol. The van der Waals surface area contributed by atoms with Gasteiger partial charge in [0.2, 0.25) is 17.7 Å². The van der Waals surface area contributed by atoms with Crippen molar-refractivity contribution >= 4 is 62.5 Å². The molecule has 8 heteroatoms. The first-order valence-corrected chi connectivity index (χ1v) is 15.3. The van der Waals surface area contributed by atoms with Crippen LogP contribution in [0.25, 0.3) is 0 Å². The molecule has 1 heterocycles. The SMILES string of the molecule is Cc1cc(Br)ccc1NC(=O)[C@H](Cc1ccccc1)N1C(=O)[C@H]2[C@H](C1=O)C1(Cl)c3ccccc3C2(Cl)c2ccccc21. The van der Waals surface area contributed by atoms with Gasteiger partial charge in [0.25, 0.3) is 0 Å². The van der Waals surface area contributed by atoms with Crippen molar-refractivity contribution in [3.05, 3.63) is 135 Å². The van der Waals surface area contributed by atoms with Gasteiger partial charge in [0.15, 0.2) is 0 Å². The van der Waals surface area contributed by atoms with Gasteiger partial charge in [-0.05, 0) is 58.5 Å². The predicted octanol–water partition coefficient (Wildman–Crippen LogP) is 6.90. The van der Waals surface area contributed by atoms with E-state index in [2.05, 4.69) is 21.2 Å². The van der Waals surface area contributed by atoms with Gasteiger partial charge in [-0.2, -0.15) is 0 Å². The topological polar surface area (TPSA) is 66.5 Å². The molecular formula is C34H25BrCl2N2O3. The van der Waals surface area contributed by atoms with Gasteiger partial charge in [-0.25, -0.2) is 0 Å². The third-order valence-corrected chi connectivity index (χ3v) is 10.7. The fraction of sp³-hybridized carbons (Fsp3) is 0.206. The number of likely N-dealkylation sites (tertiary alicyclic amines) is 1. The zero-order valence-electron chi connectivity index (χ0n) is 22.5. The predicted molar refractivity (Wildman–Crippen MR) is 166 cm³/mol. The number of carbonyl (C=O) groups excluding carboxylic acids is 3. The van der Waals surface area contributed by atoms with E-state index in [1.54, 1.807) is 6.07 Å². The zero-order chi connectivity index (χ0) is 29.4. The summed E-state index contributed by atoms with van der Waals surface area (Å²) in [6.45, 7) is 1.88. The second-order valence-corrected chi connectivity index (χ2v) is 13.3. The smallest absolute Gasteiger partial charge is 0.248 e. The van der Waals surface area contributed by atoms with Crippen LogP contribution in [0.5, 0.6) is 0 Å². The van der Waals surface area contributed by atoms with Crippen LogP contribution in [-0.2, 0) is 30.6 Å². The first kappa shape index (κ1) is 27.4. The molecule has 0 spiro atoms. The molecule has 210 valence electrons. The maximum Gasteiger partial charge on any atom is 0.248 e. The highest BCUT2D eigenvalue weighted by molar-refractivity contribution is 9.10. The molecule has 1 N–H and O–H groups in total. The van der Waals surface area contributed by atoms with Gasteiger partial charge < -0.3 is 5.32 Å². The Bertz CT molecular complexity index is 1670. The molecule has 0 radical (unpaired) electrons. The Hall–Kier alpha value is -3.45. The van der Waals surface area contributed by atoms with Gasteiger partial charge in [-0.3, -0.25) is 19.3 Å². The molecule has 42 heavy (non-hydrogen) atoms. The number of aryl methyl sites for hydroxylation is 1. The Morgan fingerprint density at radius 2 is 1.29 bits per heavy atom. The number of nitrogens with one attached hydrogen (secondary N) is 1. The maximum absolute atomic E-state index is 14.6. The van der Waals surface area contributed by atoms with Gasteiger partial charge in [0, 0.05) is 16.6 Å². The number of nitrogens with zero attached hydrogens (tertiary/aromatic N) is 1. The van der Waals surface area contributed by atoms with Crippen LogP contribution in [0.1, 0.15) is 33.4 Å². The number of hydrogen-bond acceptors (Lipinski definition) is 3. The van der Waals surface area contributed by atoms with E-state index in [1.165, 1.54) is 0 Å². The van der Waals surface area contributed by atoms with E-state index in [4.69, 9.17) is 23.2 Å². The summed E-state index contributed by atoms with van der Waals surface area (Å²) in [6.07, 6.45) is 0.142. The molecule has 3 aliphatic carbocycles. The summed E-state index contributed by atoms with van der Waals surface area (Å²) in [5.74, 6) is -3.39. The second kappa shape index (κ2) is 9.80. The van der Waals surface area contributed by atoms with Crippen LogP contribution in [0.4, 0.5) is 5.69 Å². The molecule has 3 atom stereocenters. The number of anilines is 1. The van der Waals surface area contributed by atoms with E-state index in [1.807, 2.05) is 97.9 Å². The molecule has 0 saturated carbocycles. The lowest BCUT2D eigenvalue weighted by atomic mass is 9.54. The van der Waals surface area contributed by atoms with E-state index in [-0.39, 0.29) is 6.42 Å². The number of alkyl halides is 2. The van der Waals surface area contributed by atoms with Gasteiger partial charge in [-0.1, -0.05) is 94.8 Å². The maximum atomic E-state index is 14.6. The quantitative estimate of drug-likeness (QED) is 0.187. The summed E-state index contributed by atoms with van der Waals surface area (Å²) >= 11 is 18.6. The first-order valence-electron chi connectivity index (χ1n) is 13.7. The Morgan fingerprint density at radius 1 is 0.810 bits per heavy atom. The van der Waals surface area contributed by atoms with E-state index in [0.29, 0.717) is 5.69 Å². The molecule has 5 nitrogen and oxygen atoms in total. The molecule has 4 aliphatic rings. The molecule has 8 rings (SSSR count). The van der Waals surface area contributed by atoms with Crippen LogP contribution < -0.4 is 5.32 Å². The standard InChI is InChI=1S/C34H25BrCl2N2O3/c1-19-17-21(35)15-16-26(19)38-30(40)27(18-20-9-3-2-4-10-20)39-31(41)28-29(32(39)42)34(37)23-12-6-5-11-22(23)33(28,36)24-13-7-8-14-25(24)34/h2-17,27-29H,18H2,1H3,(H,38,40)/t27-,28+,29+,33?,34?/m0/s1. The molecule has 1 fully saturated rings. The van der Waals surface area contributed by atoms with Crippen LogP contribution in [0, 0.1) is 18.8 Å². The van der Waals surface area contributed by atoms with Crippen molar-refractivity contribution in [2.24, 2.45) is 11.8 Å². The van der Waals surface area contributed by atoms with E-state index >= 15 is 0 Å². The highest BCUT2D eigenvalue weighted by Crippen LogP contribution is 2.69. The highest BCUT2D eigenvalue weighted by Gasteiger charge is 2.73. The number of rotatable bonds is 5. The molecule has 1 saturated heterocycles. The minimum atomic E-state index is -1.31. The number of amides is 3. The molecule has 1 aliphatic heterocycles. The summed E-state index contributed by atoms with van der Waals surface area (Å²) in [4.78, 5) is 41.8. The zero-order valence-corrected chi connectivity index (χ0v) is 25.6. The van der Waals surface area contributed by atoms with Crippen molar-refractivity contribution in [2.75, 3.05) is 5.32 Å². The van der Waals surface area contributed by atoms with Gasteiger partial charge in [0.05, 0.1) is 11.8 Å². The first-order chi connectivity index (χ1) is 20.2. The average Bonchev–Trinajstić information content (AvgIpc) is 3.27. The summed E-state index contributed by atoms with van der Waals surface area (Å²) in [5.41, 5.74) is 5.14. The highest BCUT2D eigenvalue weighted by atomic mass is 79.9. The molecule has 2 bridgehead atoms. The van der Waals surface area contributed by atoms with E-state index < -0.39 is 45.3 Å². The lowest BCUT2D eigenvalue weighted by Crippen LogP contribution is -2.57. The minimum Gasteiger partial charge on any atom is -0.324 e. The molecule has 0 aromatic heterocycles. The lowest BCUT2D eigenvalue weighted by Gasteiger charge is -2.54. The van der Waals surface area contributed by atoms with Crippen molar-refractivity contribution < 1.29 is 14.4 Å². The Balaban J connectivity index is 1.36. The van der Waals surface area contributed by atoms with Crippen molar-refractivity contribution in [3.63, 3.8) is 0 Å². The molecule has 3 amide bonds. The third-order valence-electron chi connectivity index (χ3n) is 8.95. The minimum absolute atomic E-state index is 0.142. The van der Waals surface area contributed by atoms with Crippen LogP contribution in [0.2, 0.25) is 0 Å². The Morgan fingerprint density at radius 3 is 1.76 bits per heavy atom.